The first-order valence-corrected chi connectivity index (χ1v) is 12.8. The fourth-order valence-corrected chi connectivity index (χ4v) is 4.86. The van der Waals surface area contributed by atoms with E-state index in [1.165, 1.54) is 5.57 Å². The summed E-state index contributed by atoms with van der Waals surface area (Å²) in [5.41, 5.74) is 4.07. The normalized spacial score (nSPS) is 18.1. The van der Waals surface area contributed by atoms with Gasteiger partial charge in [0.05, 0.1) is 5.02 Å². The molecule has 3 aromatic rings. The standard InChI is InChI=1S/C27H31ClN6O2/c1-3-19-13-30-26(23-15-32-25-22(23)11-20(28)14-31-25)33-24(19)29-12-18-5-4-10-34(16-18)27(35)36-21-8-6-17(2)7-9-21/h6-9,11,14-15,18,29H,3-5,10,12-13,16H2,1-2H3,(H,30,33)(H,31,32)/t18-/m1/s1. The predicted octanol–water partition coefficient (Wildman–Crippen LogP) is 5.00. The lowest BCUT2D eigenvalue weighted by Gasteiger charge is -2.32. The molecule has 2 aliphatic heterocycles. The van der Waals surface area contributed by atoms with Crippen LogP contribution < -0.4 is 15.4 Å². The minimum Gasteiger partial charge on any atom is -0.410 e. The third-order valence-electron chi connectivity index (χ3n) is 6.77. The van der Waals surface area contributed by atoms with E-state index in [4.69, 9.17) is 21.3 Å². The molecule has 2 aromatic heterocycles. The van der Waals surface area contributed by atoms with Crippen LogP contribution in [0.1, 0.15) is 37.3 Å². The Labute approximate surface area is 215 Å². The predicted molar refractivity (Wildman–Crippen MR) is 142 cm³/mol. The minimum absolute atomic E-state index is 0.286. The zero-order valence-corrected chi connectivity index (χ0v) is 21.4. The lowest BCUT2D eigenvalue weighted by atomic mass is 9.98. The summed E-state index contributed by atoms with van der Waals surface area (Å²) < 4.78 is 5.59. The number of piperidine rings is 1. The molecule has 8 nitrogen and oxygen atoms in total. The van der Waals surface area contributed by atoms with Gasteiger partial charge in [-0.15, -0.1) is 0 Å². The smallest absolute Gasteiger partial charge is 0.410 e. The number of aryl methyl sites for hydroxylation is 1. The second-order valence-electron chi connectivity index (χ2n) is 9.39. The van der Waals surface area contributed by atoms with E-state index in [9.17, 15) is 4.79 Å². The molecule has 4 heterocycles. The number of halogens is 1. The second kappa shape index (κ2) is 10.6. The van der Waals surface area contributed by atoms with Crippen molar-refractivity contribution in [3.8, 4) is 5.75 Å². The van der Waals surface area contributed by atoms with Crippen LogP contribution in [0.25, 0.3) is 11.0 Å². The monoisotopic (exact) mass is 506 g/mol. The SMILES string of the molecule is CCC1=C(NC[C@H]2CCCN(C(=O)Oc3ccc(C)cc3)C2)N=C(c2c[nH]c3ncc(Cl)cc23)NC1. The van der Waals surface area contributed by atoms with Crippen LogP contribution in [0.2, 0.25) is 5.02 Å². The van der Waals surface area contributed by atoms with Crippen LogP contribution in [0.3, 0.4) is 0 Å². The molecule has 1 fully saturated rings. The number of H-pyrrole nitrogens is 1. The highest BCUT2D eigenvalue weighted by molar-refractivity contribution is 6.31. The largest absolute Gasteiger partial charge is 0.415 e. The lowest BCUT2D eigenvalue weighted by molar-refractivity contribution is 0.126. The van der Waals surface area contributed by atoms with Gasteiger partial charge in [0, 0.05) is 49.5 Å². The van der Waals surface area contributed by atoms with Crippen molar-refractivity contribution in [1.82, 2.24) is 25.5 Å². The highest BCUT2D eigenvalue weighted by Gasteiger charge is 2.26. The molecule has 0 spiro atoms. The van der Waals surface area contributed by atoms with Crippen molar-refractivity contribution in [3.05, 3.63) is 70.3 Å². The molecule has 1 amide bonds. The number of ether oxygens (including phenoxy) is 1. The number of hydrogen-bond donors (Lipinski definition) is 3. The van der Waals surface area contributed by atoms with Gasteiger partial charge in [0.2, 0.25) is 0 Å². The van der Waals surface area contributed by atoms with E-state index in [2.05, 4.69) is 27.5 Å². The summed E-state index contributed by atoms with van der Waals surface area (Å²) in [5, 5.41) is 8.55. The molecule has 0 aliphatic carbocycles. The maximum atomic E-state index is 12.7. The van der Waals surface area contributed by atoms with Gasteiger partial charge in [0.15, 0.2) is 0 Å². The molecule has 2 aliphatic rings. The average Bonchev–Trinajstić information content (AvgIpc) is 3.32. The van der Waals surface area contributed by atoms with Crippen molar-refractivity contribution in [3.63, 3.8) is 0 Å². The zero-order valence-electron chi connectivity index (χ0n) is 20.6. The number of fused-ring (bicyclic) bond motifs is 1. The van der Waals surface area contributed by atoms with Crippen molar-refractivity contribution in [2.24, 2.45) is 10.9 Å². The van der Waals surface area contributed by atoms with Crippen LogP contribution in [0.5, 0.6) is 5.75 Å². The number of amides is 1. The first kappa shape index (κ1) is 24.2. The molecule has 0 unspecified atom stereocenters. The van der Waals surface area contributed by atoms with E-state index in [1.54, 1.807) is 6.20 Å². The van der Waals surface area contributed by atoms with Gasteiger partial charge in [0.25, 0.3) is 0 Å². The zero-order chi connectivity index (χ0) is 25.1. The number of nitrogens with one attached hydrogen (secondary N) is 3. The van der Waals surface area contributed by atoms with Crippen LogP contribution in [0.15, 0.2) is 59.1 Å². The molecule has 0 radical (unpaired) electrons. The van der Waals surface area contributed by atoms with Gasteiger partial charge in [-0.1, -0.05) is 36.2 Å². The number of carbonyl (C=O) groups is 1. The summed E-state index contributed by atoms with van der Waals surface area (Å²) in [4.78, 5) is 27.0. The van der Waals surface area contributed by atoms with Crippen molar-refractivity contribution in [1.29, 1.82) is 0 Å². The molecule has 3 N–H and O–H groups in total. The van der Waals surface area contributed by atoms with Gasteiger partial charge in [-0.25, -0.2) is 14.8 Å². The Hall–Kier alpha value is -3.52. The summed E-state index contributed by atoms with van der Waals surface area (Å²) in [6.45, 7) is 6.98. The Morgan fingerprint density at radius 2 is 2.14 bits per heavy atom. The number of amidine groups is 1. The number of carbonyl (C=O) groups excluding carboxylic acids is 1. The Bertz CT molecular complexity index is 1310. The lowest BCUT2D eigenvalue weighted by Crippen LogP contribution is -2.44. The average molecular weight is 507 g/mol. The van der Waals surface area contributed by atoms with E-state index in [0.29, 0.717) is 29.8 Å². The number of aliphatic imine (C=N–C) groups is 1. The Morgan fingerprint density at radius 1 is 1.31 bits per heavy atom. The molecule has 0 saturated carbocycles. The number of hydrogen-bond acceptors (Lipinski definition) is 6. The highest BCUT2D eigenvalue weighted by Crippen LogP contribution is 2.24. The molecule has 9 heteroatoms. The van der Waals surface area contributed by atoms with Gasteiger partial charge in [-0.05, 0) is 55.9 Å². The molecule has 1 aromatic carbocycles. The van der Waals surface area contributed by atoms with E-state index >= 15 is 0 Å². The summed E-state index contributed by atoms with van der Waals surface area (Å²) in [7, 11) is 0. The van der Waals surface area contributed by atoms with Crippen molar-refractivity contribution >= 4 is 34.6 Å². The number of likely N-dealkylation sites (tertiary alicyclic amines) is 1. The van der Waals surface area contributed by atoms with Crippen LogP contribution in [0, 0.1) is 12.8 Å². The van der Waals surface area contributed by atoms with Crippen LogP contribution in [-0.4, -0.2) is 53.0 Å². The molecule has 5 rings (SSSR count). The Morgan fingerprint density at radius 3 is 2.94 bits per heavy atom. The van der Waals surface area contributed by atoms with Crippen molar-refractivity contribution < 1.29 is 9.53 Å². The van der Waals surface area contributed by atoms with Gasteiger partial charge in [-0.3, -0.25) is 0 Å². The summed E-state index contributed by atoms with van der Waals surface area (Å²) in [5.74, 6) is 2.58. The quantitative estimate of drug-likeness (QED) is 0.437. The second-order valence-corrected chi connectivity index (χ2v) is 9.82. The minimum atomic E-state index is -0.286. The highest BCUT2D eigenvalue weighted by atomic mass is 35.5. The maximum absolute atomic E-state index is 12.7. The third-order valence-corrected chi connectivity index (χ3v) is 6.98. The number of aromatic nitrogens is 2. The summed E-state index contributed by atoms with van der Waals surface area (Å²) in [6.07, 6.45) is 6.16. The first-order chi connectivity index (χ1) is 17.5. The number of aromatic amines is 1. The fourth-order valence-electron chi connectivity index (χ4n) is 4.70. The van der Waals surface area contributed by atoms with E-state index in [-0.39, 0.29) is 6.09 Å². The Kier molecular flexibility index (Phi) is 7.13. The fraction of sp³-hybridized carbons (Fsp3) is 0.370. The van der Waals surface area contributed by atoms with Gasteiger partial charge in [-0.2, -0.15) is 0 Å². The third kappa shape index (κ3) is 5.33. The molecule has 1 saturated heterocycles. The van der Waals surface area contributed by atoms with Crippen LogP contribution in [0.4, 0.5) is 4.79 Å². The number of pyridine rings is 1. The van der Waals surface area contributed by atoms with Crippen molar-refractivity contribution in [2.45, 2.75) is 33.1 Å². The number of benzene rings is 1. The molecule has 1 atom stereocenters. The number of rotatable bonds is 6. The van der Waals surface area contributed by atoms with Gasteiger partial charge >= 0.3 is 6.09 Å². The van der Waals surface area contributed by atoms with Crippen LogP contribution in [-0.2, 0) is 0 Å². The molecule has 0 bridgehead atoms. The topological polar surface area (TPSA) is 94.6 Å². The van der Waals surface area contributed by atoms with Gasteiger partial charge < -0.3 is 25.3 Å². The van der Waals surface area contributed by atoms with E-state index < -0.39 is 0 Å². The number of nitrogens with zero attached hydrogens (tertiary/aromatic N) is 3. The van der Waals surface area contributed by atoms with Crippen LogP contribution >= 0.6 is 11.6 Å². The summed E-state index contributed by atoms with van der Waals surface area (Å²) >= 11 is 6.19. The first-order valence-electron chi connectivity index (χ1n) is 12.4. The van der Waals surface area contributed by atoms with Gasteiger partial charge in [0.1, 0.15) is 23.1 Å². The van der Waals surface area contributed by atoms with E-state index in [0.717, 1.165) is 66.2 Å². The van der Waals surface area contributed by atoms with Crippen molar-refractivity contribution in [2.75, 3.05) is 26.2 Å². The molecular formula is C27H31ClN6O2. The molecule has 36 heavy (non-hydrogen) atoms. The maximum Gasteiger partial charge on any atom is 0.415 e. The Balaban J connectivity index is 1.25. The molecule has 188 valence electrons. The molecular weight excluding hydrogens is 476 g/mol. The summed E-state index contributed by atoms with van der Waals surface area (Å²) in [6, 6.07) is 9.46. The van der Waals surface area contributed by atoms with E-state index in [1.807, 2.05) is 48.4 Å².